The molecule has 0 aliphatic heterocycles. The number of rotatable bonds is 3. The van der Waals surface area contributed by atoms with Crippen molar-refractivity contribution in [3.63, 3.8) is 0 Å². The molecule has 1 aromatic rings. The van der Waals surface area contributed by atoms with Gasteiger partial charge < -0.3 is 14.3 Å². The molecule has 0 atom stereocenters. The van der Waals surface area contributed by atoms with Crippen molar-refractivity contribution in [2.45, 2.75) is 6.92 Å². The molecule has 6 nitrogen and oxygen atoms in total. The quantitative estimate of drug-likeness (QED) is 0.449. The van der Waals surface area contributed by atoms with Crippen LogP contribution in [0.1, 0.15) is 26.7 Å². The Morgan fingerprint density at radius 3 is 2.47 bits per heavy atom. The minimum atomic E-state index is -1.64. The molecule has 0 aliphatic rings. The normalized spacial score (nSPS) is 9.73. The summed E-state index contributed by atoms with van der Waals surface area (Å²) in [6.07, 6.45) is 0. The van der Waals surface area contributed by atoms with Gasteiger partial charge in [-0.15, -0.1) is 0 Å². The molecule has 1 aromatic heterocycles. The summed E-state index contributed by atoms with van der Waals surface area (Å²) >= 11 is 0. The zero-order valence-electron chi connectivity index (χ0n) is 8.07. The fourth-order valence-electron chi connectivity index (χ4n) is 1.01. The molecule has 0 fully saturated rings. The summed E-state index contributed by atoms with van der Waals surface area (Å²) in [6, 6.07) is 1.05. The van der Waals surface area contributed by atoms with E-state index in [0.29, 0.717) is 0 Å². The standard InChI is InChI=1S/C9H8O6/c1-4-5(9(13)14-2)3-6(15-4)7(10)8(11)12/h3H,1-2H3,(H,11,12). The van der Waals surface area contributed by atoms with Crippen molar-refractivity contribution in [1.29, 1.82) is 0 Å². The molecule has 0 unspecified atom stereocenters. The first-order valence-electron chi connectivity index (χ1n) is 3.93. The Balaban J connectivity index is 3.11. The molecule has 6 heteroatoms. The minimum absolute atomic E-state index is 0.0436. The molecule has 0 aromatic carbocycles. The van der Waals surface area contributed by atoms with Gasteiger partial charge in [0.2, 0.25) is 0 Å². The van der Waals surface area contributed by atoms with Gasteiger partial charge in [0, 0.05) is 6.07 Å². The molecule has 1 N–H and O–H groups in total. The van der Waals surface area contributed by atoms with Crippen molar-refractivity contribution in [2.75, 3.05) is 7.11 Å². The number of carboxylic acids is 1. The topological polar surface area (TPSA) is 93.8 Å². The molecule has 0 spiro atoms. The summed E-state index contributed by atoms with van der Waals surface area (Å²) in [7, 11) is 1.17. The second kappa shape index (κ2) is 3.95. The highest BCUT2D eigenvalue weighted by Gasteiger charge is 2.23. The SMILES string of the molecule is COC(=O)c1cc(C(=O)C(=O)O)oc1C. The molecule has 0 saturated heterocycles. The van der Waals surface area contributed by atoms with Crippen LogP contribution in [0.2, 0.25) is 0 Å². The van der Waals surface area contributed by atoms with Crippen LogP contribution in [0.25, 0.3) is 0 Å². The van der Waals surface area contributed by atoms with E-state index in [4.69, 9.17) is 9.52 Å². The number of ketones is 1. The van der Waals surface area contributed by atoms with Crippen molar-refractivity contribution in [2.24, 2.45) is 0 Å². The third kappa shape index (κ3) is 2.04. The zero-order valence-corrected chi connectivity index (χ0v) is 8.07. The van der Waals surface area contributed by atoms with E-state index in [1.54, 1.807) is 0 Å². The molecule has 0 radical (unpaired) electrons. The first kappa shape index (κ1) is 11.0. The number of aryl methyl sites for hydroxylation is 1. The molecule has 1 rings (SSSR count). The van der Waals surface area contributed by atoms with E-state index in [9.17, 15) is 14.4 Å². The van der Waals surface area contributed by atoms with Gasteiger partial charge >= 0.3 is 17.7 Å². The highest BCUT2D eigenvalue weighted by atomic mass is 16.5. The number of carboxylic acid groups (broad SMARTS) is 1. The van der Waals surface area contributed by atoms with Crippen molar-refractivity contribution in [3.8, 4) is 0 Å². The number of ether oxygens (including phenoxy) is 1. The molecule has 0 saturated carbocycles. The first-order chi connectivity index (χ1) is 6.97. The summed E-state index contributed by atoms with van der Waals surface area (Å²) < 4.78 is 9.24. The van der Waals surface area contributed by atoms with Crippen LogP contribution in [0.5, 0.6) is 0 Å². The fourth-order valence-corrected chi connectivity index (χ4v) is 1.01. The third-order valence-electron chi connectivity index (χ3n) is 1.74. The number of hydrogen-bond acceptors (Lipinski definition) is 5. The maximum absolute atomic E-state index is 11.1. The Bertz CT molecular complexity index is 428. The average Bonchev–Trinajstić information content (AvgIpc) is 2.57. The fraction of sp³-hybridized carbons (Fsp3) is 0.222. The smallest absolute Gasteiger partial charge is 0.380 e. The minimum Gasteiger partial charge on any atom is -0.475 e. The number of carbonyl (C=O) groups is 3. The highest BCUT2D eigenvalue weighted by Crippen LogP contribution is 2.16. The Kier molecular flexibility index (Phi) is 2.89. The van der Waals surface area contributed by atoms with Crippen LogP contribution < -0.4 is 0 Å². The van der Waals surface area contributed by atoms with Gasteiger partial charge in [-0.1, -0.05) is 0 Å². The van der Waals surface area contributed by atoms with Gasteiger partial charge in [0.05, 0.1) is 7.11 Å². The molecule has 15 heavy (non-hydrogen) atoms. The summed E-state index contributed by atoms with van der Waals surface area (Å²) in [4.78, 5) is 32.4. The van der Waals surface area contributed by atoms with E-state index >= 15 is 0 Å². The number of carbonyl (C=O) groups excluding carboxylic acids is 2. The van der Waals surface area contributed by atoms with E-state index in [1.807, 2.05) is 0 Å². The van der Waals surface area contributed by atoms with Crippen LogP contribution in [0, 0.1) is 6.92 Å². The van der Waals surface area contributed by atoms with Gasteiger partial charge in [-0.2, -0.15) is 0 Å². The maximum atomic E-state index is 11.1. The Labute approximate surface area is 84.4 Å². The van der Waals surface area contributed by atoms with Crippen molar-refractivity contribution < 1.29 is 28.6 Å². The van der Waals surface area contributed by atoms with E-state index < -0.39 is 17.7 Å². The monoisotopic (exact) mass is 212 g/mol. The van der Waals surface area contributed by atoms with Gasteiger partial charge in [-0.3, -0.25) is 4.79 Å². The van der Waals surface area contributed by atoms with Crippen LogP contribution in [-0.4, -0.2) is 29.9 Å². The van der Waals surface area contributed by atoms with Crippen LogP contribution >= 0.6 is 0 Å². The number of aliphatic carboxylic acids is 1. The molecule has 1 heterocycles. The predicted molar refractivity (Wildman–Crippen MR) is 46.8 cm³/mol. The Morgan fingerprint density at radius 2 is 2.00 bits per heavy atom. The molecule has 0 amide bonds. The maximum Gasteiger partial charge on any atom is 0.380 e. The molecular formula is C9H8O6. The van der Waals surface area contributed by atoms with E-state index in [0.717, 1.165) is 6.07 Å². The highest BCUT2D eigenvalue weighted by molar-refractivity contribution is 6.39. The zero-order chi connectivity index (χ0) is 11.6. The Morgan fingerprint density at radius 1 is 1.40 bits per heavy atom. The van der Waals surface area contributed by atoms with Gasteiger partial charge in [0.15, 0.2) is 5.76 Å². The number of hydrogen-bond donors (Lipinski definition) is 1. The van der Waals surface area contributed by atoms with E-state index in [-0.39, 0.29) is 17.1 Å². The lowest BCUT2D eigenvalue weighted by molar-refractivity contribution is -0.131. The van der Waals surface area contributed by atoms with Gasteiger partial charge in [0.1, 0.15) is 11.3 Å². The largest absolute Gasteiger partial charge is 0.475 e. The van der Waals surface area contributed by atoms with Crippen molar-refractivity contribution in [3.05, 3.63) is 23.2 Å². The lowest BCUT2D eigenvalue weighted by Crippen LogP contribution is -2.11. The first-order valence-corrected chi connectivity index (χ1v) is 3.93. The molecule has 0 aliphatic carbocycles. The van der Waals surface area contributed by atoms with Crippen LogP contribution in [-0.2, 0) is 9.53 Å². The number of furan rings is 1. The van der Waals surface area contributed by atoms with Crippen molar-refractivity contribution in [1.82, 2.24) is 0 Å². The third-order valence-corrected chi connectivity index (χ3v) is 1.74. The number of methoxy groups -OCH3 is 1. The summed E-state index contributed by atoms with van der Waals surface area (Å²) in [5, 5.41) is 8.41. The summed E-state index contributed by atoms with van der Waals surface area (Å²) in [5.41, 5.74) is 0.0436. The average molecular weight is 212 g/mol. The molecular weight excluding hydrogens is 204 g/mol. The van der Waals surface area contributed by atoms with Crippen LogP contribution in [0.3, 0.4) is 0 Å². The number of esters is 1. The van der Waals surface area contributed by atoms with Gasteiger partial charge in [-0.05, 0) is 6.92 Å². The lowest BCUT2D eigenvalue weighted by atomic mass is 10.2. The van der Waals surface area contributed by atoms with Crippen LogP contribution in [0.15, 0.2) is 10.5 Å². The molecule has 0 bridgehead atoms. The van der Waals surface area contributed by atoms with Crippen molar-refractivity contribution >= 4 is 17.7 Å². The van der Waals surface area contributed by atoms with E-state index in [1.165, 1.54) is 14.0 Å². The Hall–Kier alpha value is -2.11. The second-order valence-corrected chi connectivity index (χ2v) is 2.71. The van der Waals surface area contributed by atoms with Gasteiger partial charge in [0.25, 0.3) is 0 Å². The van der Waals surface area contributed by atoms with Crippen LogP contribution in [0.4, 0.5) is 0 Å². The summed E-state index contributed by atoms with van der Waals surface area (Å²) in [5.74, 6) is -3.76. The molecule has 80 valence electrons. The lowest BCUT2D eigenvalue weighted by Gasteiger charge is -1.93. The summed E-state index contributed by atoms with van der Waals surface area (Å²) in [6.45, 7) is 1.44. The second-order valence-electron chi connectivity index (χ2n) is 2.71. The predicted octanol–water partition coefficient (Wildman–Crippen LogP) is 0.642. The number of Topliss-reactive ketones (excluding diaryl/α,β-unsaturated/α-hetero) is 1. The van der Waals surface area contributed by atoms with E-state index in [2.05, 4.69) is 4.74 Å². The van der Waals surface area contributed by atoms with Gasteiger partial charge in [-0.25, -0.2) is 9.59 Å².